The van der Waals surface area contributed by atoms with Crippen molar-refractivity contribution in [3.05, 3.63) is 68.7 Å². The first-order chi connectivity index (χ1) is 9.91. The Labute approximate surface area is 122 Å². The second-order valence-electron chi connectivity index (χ2n) is 3.95. The maximum atomic E-state index is 13.5. The molecule has 0 fully saturated rings. The summed E-state index contributed by atoms with van der Waals surface area (Å²) in [4.78, 5) is 22.0. The highest BCUT2D eigenvalue weighted by molar-refractivity contribution is 6.36. The van der Waals surface area contributed by atoms with Crippen LogP contribution in [0.2, 0.25) is 5.02 Å². The van der Waals surface area contributed by atoms with Gasteiger partial charge in [-0.1, -0.05) is 23.7 Å². The predicted molar refractivity (Wildman–Crippen MR) is 72.4 cm³/mol. The van der Waals surface area contributed by atoms with E-state index in [4.69, 9.17) is 11.6 Å². The van der Waals surface area contributed by atoms with Gasteiger partial charge < -0.3 is 5.32 Å². The van der Waals surface area contributed by atoms with E-state index in [0.717, 1.165) is 18.2 Å². The zero-order valence-electron chi connectivity index (χ0n) is 10.3. The van der Waals surface area contributed by atoms with Crippen LogP contribution in [-0.4, -0.2) is 10.8 Å². The van der Waals surface area contributed by atoms with E-state index in [1.807, 2.05) is 0 Å². The summed E-state index contributed by atoms with van der Waals surface area (Å²) in [6.45, 7) is 0. The van der Waals surface area contributed by atoms with E-state index >= 15 is 0 Å². The normalized spacial score (nSPS) is 10.2. The van der Waals surface area contributed by atoms with E-state index in [0.29, 0.717) is 0 Å². The fourth-order valence-corrected chi connectivity index (χ4v) is 1.91. The van der Waals surface area contributed by atoms with Crippen LogP contribution in [0.4, 0.5) is 20.2 Å². The molecule has 2 rings (SSSR count). The van der Waals surface area contributed by atoms with E-state index in [1.165, 1.54) is 18.2 Å². The number of benzene rings is 2. The number of hydrogen-bond donors (Lipinski definition) is 1. The van der Waals surface area contributed by atoms with E-state index in [9.17, 15) is 23.7 Å². The SMILES string of the molecule is O=C(Nc1cccc(F)c1F)c1cccc([N+](=O)[O-])c1Cl. The summed E-state index contributed by atoms with van der Waals surface area (Å²) in [7, 11) is 0. The Morgan fingerprint density at radius 1 is 1.19 bits per heavy atom. The lowest BCUT2D eigenvalue weighted by Crippen LogP contribution is -2.14. The smallest absolute Gasteiger partial charge is 0.288 e. The van der Waals surface area contributed by atoms with Crippen LogP contribution in [-0.2, 0) is 0 Å². The fourth-order valence-electron chi connectivity index (χ4n) is 1.63. The molecular weight excluding hydrogens is 306 g/mol. The fraction of sp³-hybridized carbons (Fsp3) is 0. The van der Waals surface area contributed by atoms with Gasteiger partial charge in [0, 0.05) is 6.07 Å². The molecule has 0 aliphatic carbocycles. The van der Waals surface area contributed by atoms with Gasteiger partial charge in [0.1, 0.15) is 5.02 Å². The Kier molecular flexibility index (Phi) is 4.13. The molecule has 0 saturated heterocycles. The molecule has 21 heavy (non-hydrogen) atoms. The number of nitro groups is 1. The Balaban J connectivity index is 2.35. The molecule has 5 nitrogen and oxygen atoms in total. The summed E-state index contributed by atoms with van der Waals surface area (Å²) in [6.07, 6.45) is 0. The zero-order chi connectivity index (χ0) is 15.6. The second-order valence-corrected chi connectivity index (χ2v) is 4.33. The maximum Gasteiger partial charge on any atom is 0.288 e. The van der Waals surface area contributed by atoms with Crippen molar-refractivity contribution in [3.63, 3.8) is 0 Å². The Bertz CT molecular complexity index is 737. The molecule has 0 unspecified atom stereocenters. The summed E-state index contributed by atoms with van der Waals surface area (Å²) >= 11 is 5.77. The minimum Gasteiger partial charge on any atom is -0.319 e. The van der Waals surface area contributed by atoms with Gasteiger partial charge in [-0.15, -0.1) is 0 Å². The lowest BCUT2D eigenvalue weighted by Gasteiger charge is -2.08. The first kappa shape index (κ1) is 14.9. The van der Waals surface area contributed by atoms with Crippen LogP contribution in [0.25, 0.3) is 0 Å². The molecule has 0 spiro atoms. The summed E-state index contributed by atoms with van der Waals surface area (Å²) < 4.78 is 26.5. The number of carbonyl (C=O) groups is 1. The number of nitro benzene ring substituents is 1. The van der Waals surface area contributed by atoms with Gasteiger partial charge in [-0.3, -0.25) is 14.9 Å². The topological polar surface area (TPSA) is 72.2 Å². The van der Waals surface area contributed by atoms with E-state index in [2.05, 4.69) is 5.32 Å². The van der Waals surface area contributed by atoms with Crippen LogP contribution in [0.1, 0.15) is 10.4 Å². The minimum absolute atomic E-state index is 0.213. The Hall–Kier alpha value is -2.54. The number of hydrogen-bond acceptors (Lipinski definition) is 3. The average molecular weight is 313 g/mol. The van der Waals surface area contributed by atoms with Crippen molar-refractivity contribution in [2.45, 2.75) is 0 Å². The summed E-state index contributed by atoms with van der Waals surface area (Å²) in [5.41, 5.74) is -1.05. The van der Waals surface area contributed by atoms with Crippen molar-refractivity contribution in [1.29, 1.82) is 0 Å². The number of nitrogens with zero attached hydrogens (tertiary/aromatic N) is 1. The van der Waals surface area contributed by atoms with Crippen molar-refractivity contribution in [1.82, 2.24) is 0 Å². The molecule has 0 aliphatic heterocycles. The lowest BCUT2D eigenvalue weighted by molar-refractivity contribution is -0.384. The molecule has 1 amide bonds. The molecule has 0 aliphatic rings. The summed E-state index contributed by atoms with van der Waals surface area (Å²) in [6, 6.07) is 6.89. The molecule has 8 heteroatoms. The van der Waals surface area contributed by atoms with E-state index in [1.54, 1.807) is 0 Å². The van der Waals surface area contributed by atoms with Gasteiger partial charge in [0.25, 0.3) is 11.6 Å². The number of anilines is 1. The highest BCUT2D eigenvalue weighted by Crippen LogP contribution is 2.28. The van der Waals surface area contributed by atoms with Crippen molar-refractivity contribution in [2.75, 3.05) is 5.32 Å². The third-order valence-corrected chi connectivity index (χ3v) is 3.02. The number of halogens is 3. The van der Waals surface area contributed by atoms with Gasteiger partial charge in [0.2, 0.25) is 0 Å². The molecule has 0 heterocycles. The predicted octanol–water partition coefficient (Wildman–Crippen LogP) is 3.78. The molecule has 0 saturated carbocycles. The van der Waals surface area contributed by atoms with Gasteiger partial charge in [-0.25, -0.2) is 8.78 Å². The second kappa shape index (κ2) is 5.84. The van der Waals surface area contributed by atoms with Crippen LogP contribution in [0.3, 0.4) is 0 Å². The molecule has 0 bridgehead atoms. The standard InChI is InChI=1S/C13H7ClF2N2O3/c14-11-7(3-1-6-10(11)18(20)21)13(19)17-9-5-2-4-8(15)12(9)16/h1-6H,(H,17,19). The Morgan fingerprint density at radius 2 is 1.86 bits per heavy atom. The zero-order valence-corrected chi connectivity index (χ0v) is 11.0. The summed E-state index contributed by atoms with van der Waals surface area (Å²) in [5.74, 6) is -3.24. The highest BCUT2D eigenvalue weighted by atomic mass is 35.5. The van der Waals surface area contributed by atoms with Crippen LogP contribution in [0.15, 0.2) is 36.4 Å². The third-order valence-electron chi connectivity index (χ3n) is 2.62. The molecule has 2 aromatic rings. The molecule has 1 N–H and O–H groups in total. The monoisotopic (exact) mass is 312 g/mol. The van der Waals surface area contributed by atoms with Crippen molar-refractivity contribution >= 4 is 28.9 Å². The van der Waals surface area contributed by atoms with Crippen LogP contribution in [0, 0.1) is 21.7 Å². The largest absolute Gasteiger partial charge is 0.319 e. The van der Waals surface area contributed by atoms with Crippen molar-refractivity contribution in [3.8, 4) is 0 Å². The minimum atomic E-state index is -1.23. The van der Waals surface area contributed by atoms with Gasteiger partial charge in [0.15, 0.2) is 11.6 Å². The van der Waals surface area contributed by atoms with Crippen molar-refractivity contribution in [2.24, 2.45) is 0 Å². The number of rotatable bonds is 3. The third kappa shape index (κ3) is 2.97. The van der Waals surface area contributed by atoms with Gasteiger partial charge in [-0.2, -0.15) is 0 Å². The van der Waals surface area contributed by atoms with Gasteiger partial charge in [-0.05, 0) is 18.2 Å². The van der Waals surface area contributed by atoms with E-state index < -0.39 is 28.2 Å². The quantitative estimate of drug-likeness (QED) is 0.692. The first-order valence-corrected chi connectivity index (χ1v) is 5.98. The summed E-state index contributed by atoms with van der Waals surface area (Å²) in [5, 5.41) is 12.5. The van der Waals surface area contributed by atoms with Gasteiger partial charge in [0.05, 0.1) is 16.2 Å². The van der Waals surface area contributed by atoms with Gasteiger partial charge >= 0.3 is 0 Å². The van der Waals surface area contributed by atoms with Crippen molar-refractivity contribution < 1.29 is 18.5 Å². The molecular formula is C13H7ClF2N2O3. The van der Waals surface area contributed by atoms with E-state index in [-0.39, 0.29) is 16.3 Å². The van der Waals surface area contributed by atoms with Crippen LogP contribution < -0.4 is 5.32 Å². The molecule has 0 aromatic heterocycles. The lowest BCUT2D eigenvalue weighted by atomic mass is 10.1. The number of carbonyl (C=O) groups excluding carboxylic acids is 1. The first-order valence-electron chi connectivity index (χ1n) is 5.60. The maximum absolute atomic E-state index is 13.5. The molecule has 108 valence electrons. The molecule has 0 radical (unpaired) electrons. The average Bonchev–Trinajstić information content (AvgIpc) is 2.43. The van der Waals surface area contributed by atoms with Crippen LogP contribution in [0.5, 0.6) is 0 Å². The number of amides is 1. The highest BCUT2D eigenvalue weighted by Gasteiger charge is 2.21. The Morgan fingerprint density at radius 3 is 2.52 bits per heavy atom. The van der Waals surface area contributed by atoms with Crippen LogP contribution >= 0.6 is 11.6 Å². The molecule has 0 atom stereocenters. The number of nitrogens with one attached hydrogen (secondary N) is 1. The molecule has 2 aromatic carbocycles.